The SMILES string of the molecule is CCC([O-])C(C)(C)C. The summed E-state index contributed by atoms with van der Waals surface area (Å²) in [6, 6.07) is 0. The summed E-state index contributed by atoms with van der Waals surface area (Å²) in [6.07, 6.45) is 0.339. The molecule has 0 spiro atoms. The van der Waals surface area contributed by atoms with Crippen LogP contribution in [0.25, 0.3) is 0 Å². The summed E-state index contributed by atoms with van der Waals surface area (Å²) in [4.78, 5) is 0. The molecule has 1 heteroatoms. The van der Waals surface area contributed by atoms with E-state index >= 15 is 0 Å². The Labute approximate surface area is 51.7 Å². The summed E-state index contributed by atoms with van der Waals surface area (Å²) in [5.74, 6) is 0. The maximum absolute atomic E-state index is 10.9. The zero-order valence-electron chi connectivity index (χ0n) is 6.19. The van der Waals surface area contributed by atoms with Crippen LogP contribution in [0.3, 0.4) is 0 Å². The van der Waals surface area contributed by atoms with Crippen molar-refractivity contribution in [3.05, 3.63) is 0 Å². The monoisotopic (exact) mass is 115 g/mol. The smallest absolute Gasteiger partial charge is 0.0508 e. The van der Waals surface area contributed by atoms with Gasteiger partial charge in [0, 0.05) is 0 Å². The van der Waals surface area contributed by atoms with Gasteiger partial charge in [-0.05, 0) is 0 Å². The predicted octanol–water partition coefficient (Wildman–Crippen LogP) is 1.17. The summed E-state index contributed by atoms with van der Waals surface area (Å²) in [5.41, 5.74) is -0.0469. The van der Waals surface area contributed by atoms with Crippen LogP contribution in [0.15, 0.2) is 0 Å². The molecule has 0 rings (SSSR count). The first kappa shape index (κ1) is 7.96. The maximum atomic E-state index is 10.9. The number of rotatable bonds is 1. The molecular formula is C7H15O-. The molecule has 0 radical (unpaired) electrons. The van der Waals surface area contributed by atoms with Gasteiger partial charge in [-0.2, -0.15) is 0 Å². The van der Waals surface area contributed by atoms with Crippen LogP contribution in [0, 0.1) is 5.41 Å². The van der Waals surface area contributed by atoms with Gasteiger partial charge in [0.05, 0.1) is 0 Å². The lowest BCUT2D eigenvalue weighted by Gasteiger charge is -2.35. The molecule has 0 heterocycles. The molecule has 8 heavy (non-hydrogen) atoms. The lowest BCUT2D eigenvalue weighted by atomic mass is 9.88. The first-order chi connectivity index (χ1) is 3.48. The number of hydrogen-bond donors (Lipinski definition) is 0. The van der Waals surface area contributed by atoms with Gasteiger partial charge in [0.15, 0.2) is 0 Å². The molecule has 1 unspecified atom stereocenters. The van der Waals surface area contributed by atoms with E-state index < -0.39 is 6.10 Å². The van der Waals surface area contributed by atoms with Gasteiger partial charge < -0.3 is 5.11 Å². The third-order valence-corrected chi connectivity index (χ3v) is 1.34. The standard InChI is InChI=1S/C7H15O/c1-5-6(8)7(2,3)4/h6H,5H2,1-4H3/q-1. The van der Waals surface area contributed by atoms with Crippen molar-refractivity contribution >= 4 is 0 Å². The summed E-state index contributed by atoms with van der Waals surface area (Å²) in [7, 11) is 0. The van der Waals surface area contributed by atoms with Crippen LogP contribution < -0.4 is 5.11 Å². The molecule has 0 fully saturated rings. The van der Waals surface area contributed by atoms with Gasteiger partial charge in [0.2, 0.25) is 0 Å². The van der Waals surface area contributed by atoms with Crippen molar-refractivity contribution in [2.24, 2.45) is 5.41 Å². The zero-order chi connectivity index (χ0) is 6.78. The van der Waals surface area contributed by atoms with Gasteiger partial charge in [-0.15, -0.1) is 6.10 Å². The van der Waals surface area contributed by atoms with E-state index in [9.17, 15) is 5.11 Å². The summed E-state index contributed by atoms with van der Waals surface area (Å²) < 4.78 is 0. The van der Waals surface area contributed by atoms with Crippen LogP contribution in [0.1, 0.15) is 34.1 Å². The fourth-order valence-corrected chi connectivity index (χ4v) is 0.612. The van der Waals surface area contributed by atoms with Gasteiger partial charge in [0.25, 0.3) is 0 Å². The van der Waals surface area contributed by atoms with E-state index in [0.717, 1.165) is 6.42 Å². The molecule has 0 saturated heterocycles. The summed E-state index contributed by atoms with van der Waals surface area (Å²) in [6.45, 7) is 7.87. The second-order valence-electron chi connectivity index (χ2n) is 3.26. The molecule has 0 aliphatic rings. The minimum absolute atomic E-state index is 0.0469. The Bertz CT molecular complexity index is 61.3. The highest BCUT2D eigenvalue weighted by Crippen LogP contribution is 2.18. The highest BCUT2D eigenvalue weighted by Gasteiger charge is 2.11. The molecule has 0 saturated carbocycles. The molecule has 0 amide bonds. The van der Waals surface area contributed by atoms with E-state index in [0.29, 0.717) is 0 Å². The Hall–Kier alpha value is -0.0400. The van der Waals surface area contributed by atoms with Crippen molar-refractivity contribution in [3.8, 4) is 0 Å². The molecule has 0 aliphatic carbocycles. The Morgan fingerprint density at radius 2 is 1.75 bits per heavy atom. The maximum Gasteiger partial charge on any atom is -0.0508 e. The van der Waals surface area contributed by atoms with E-state index in [2.05, 4.69) is 0 Å². The molecular weight excluding hydrogens is 100 g/mol. The van der Waals surface area contributed by atoms with E-state index in [-0.39, 0.29) is 5.41 Å². The van der Waals surface area contributed by atoms with Crippen LogP contribution in [-0.2, 0) is 0 Å². The first-order valence-electron chi connectivity index (χ1n) is 3.14. The van der Waals surface area contributed by atoms with Gasteiger partial charge in [-0.3, -0.25) is 0 Å². The average Bonchev–Trinajstić information content (AvgIpc) is 1.62. The van der Waals surface area contributed by atoms with Gasteiger partial charge in [-0.25, -0.2) is 0 Å². The molecule has 0 aromatic rings. The third-order valence-electron chi connectivity index (χ3n) is 1.34. The molecule has 0 bridgehead atoms. The van der Waals surface area contributed by atoms with Crippen molar-refractivity contribution < 1.29 is 5.11 Å². The molecule has 1 atom stereocenters. The van der Waals surface area contributed by atoms with E-state index in [4.69, 9.17) is 0 Å². The topological polar surface area (TPSA) is 23.1 Å². The Balaban J connectivity index is 3.62. The fourth-order valence-electron chi connectivity index (χ4n) is 0.612. The zero-order valence-corrected chi connectivity index (χ0v) is 6.19. The molecule has 1 nitrogen and oxygen atoms in total. The van der Waals surface area contributed by atoms with E-state index in [1.807, 2.05) is 27.7 Å². The van der Waals surface area contributed by atoms with Crippen LogP contribution in [0.2, 0.25) is 0 Å². The molecule has 0 aromatic heterocycles. The van der Waals surface area contributed by atoms with Crippen LogP contribution in [0.5, 0.6) is 0 Å². The largest absolute Gasteiger partial charge is 0.852 e. The molecule has 50 valence electrons. The van der Waals surface area contributed by atoms with Crippen LogP contribution in [0.4, 0.5) is 0 Å². The first-order valence-corrected chi connectivity index (χ1v) is 3.14. The second kappa shape index (κ2) is 2.49. The normalized spacial score (nSPS) is 16.1. The summed E-state index contributed by atoms with van der Waals surface area (Å²) in [5, 5.41) is 10.9. The fraction of sp³-hybridized carbons (Fsp3) is 1.00. The van der Waals surface area contributed by atoms with Gasteiger partial charge in [-0.1, -0.05) is 39.5 Å². The van der Waals surface area contributed by atoms with Crippen molar-refractivity contribution in [3.63, 3.8) is 0 Å². The quantitative estimate of drug-likeness (QED) is 0.503. The Kier molecular flexibility index (Phi) is 2.48. The number of hydrogen-bond acceptors (Lipinski definition) is 1. The van der Waals surface area contributed by atoms with Crippen LogP contribution >= 0.6 is 0 Å². The Morgan fingerprint density at radius 1 is 1.38 bits per heavy atom. The van der Waals surface area contributed by atoms with Crippen molar-refractivity contribution in [1.82, 2.24) is 0 Å². The van der Waals surface area contributed by atoms with Crippen molar-refractivity contribution in [2.75, 3.05) is 0 Å². The van der Waals surface area contributed by atoms with Gasteiger partial charge in [0.1, 0.15) is 0 Å². The second-order valence-corrected chi connectivity index (χ2v) is 3.26. The average molecular weight is 115 g/mol. The third kappa shape index (κ3) is 2.31. The molecule has 0 N–H and O–H groups in total. The van der Waals surface area contributed by atoms with Crippen molar-refractivity contribution in [2.45, 2.75) is 40.2 Å². The molecule has 0 aliphatic heterocycles. The Morgan fingerprint density at radius 3 is 1.75 bits per heavy atom. The highest BCUT2D eigenvalue weighted by atomic mass is 16.3. The highest BCUT2D eigenvalue weighted by molar-refractivity contribution is 4.68. The van der Waals surface area contributed by atoms with Gasteiger partial charge >= 0.3 is 0 Å². The van der Waals surface area contributed by atoms with Crippen molar-refractivity contribution in [1.29, 1.82) is 0 Å². The lowest BCUT2D eigenvalue weighted by Crippen LogP contribution is -2.37. The minimum Gasteiger partial charge on any atom is -0.852 e. The molecule has 0 aromatic carbocycles. The van der Waals surface area contributed by atoms with Crippen LogP contribution in [-0.4, -0.2) is 6.10 Å². The van der Waals surface area contributed by atoms with E-state index in [1.165, 1.54) is 0 Å². The minimum atomic E-state index is -0.400. The lowest BCUT2D eigenvalue weighted by molar-refractivity contribution is -0.443. The predicted molar refractivity (Wildman–Crippen MR) is 33.5 cm³/mol. The summed E-state index contributed by atoms with van der Waals surface area (Å²) >= 11 is 0. The van der Waals surface area contributed by atoms with E-state index in [1.54, 1.807) is 0 Å².